The first-order valence-corrected chi connectivity index (χ1v) is 7.86. The smallest absolute Gasteiger partial charge is 0.475 e. The van der Waals surface area contributed by atoms with Crippen molar-refractivity contribution in [2.45, 2.75) is 12.7 Å². The molecule has 9 nitrogen and oxygen atoms in total. The van der Waals surface area contributed by atoms with Gasteiger partial charge < -0.3 is 15.6 Å². The monoisotopic (exact) mass is 409 g/mol. The number of hydrogen-bond donors (Lipinski definition) is 3. The number of nitrogens with zero attached hydrogens (tertiary/aromatic N) is 3. The average Bonchev–Trinajstić information content (AvgIpc) is 3.23. The van der Waals surface area contributed by atoms with Gasteiger partial charge in [-0.05, 0) is 35.0 Å². The van der Waals surface area contributed by atoms with Crippen LogP contribution in [0.5, 0.6) is 5.75 Å². The molecule has 4 N–H and O–H groups in total. The van der Waals surface area contributed by atoms with E-state index in [1.165, 1.54) is 0 Å². The minimum absolute atomic E-state index is 0.363. The van der Waals surface area contributed by atoms with Crippen molar-refractivity contribution in [2.24, 2.45) is 5.73 Å². The van der Waals surface area contributed by atoms with Crippen LogP contribution in [0.1, 0.15) is 15.9 Å². The standard InChI is InChI=1S/C15H13N5O2.C2HF3O2/c16-9-10-5-7-11(8-6-10)15(21)22-13-4-2-1-3-12(13)14-17-19-20-18-14;3-2(4,5)1(6)7/h1-8H,9,16H2,(H,17,18,19,20);(H,6,7). The van der Waals surface area contributed by atoms with Crippen molar-refractivity contribution in [2.75, 3.05) is 0 Å². The number of rotatable bonds is 4. The highest BCUT2D eigenvalue weighted by Gasteiger charge is 2.38. The van der Waals surface area contributed by atoms with Crippen molar-refractivity contribution in [3.8, 4) is 17.1 Å². The molecule has 1 aromatic heterocycles. The first kappa shape index (κ1) is 21.5. The second-order valence-electron chi connectivity index (χ2n) is 5.33. The fourth-order valence-corrected chi connectivity index (χ4v) is 1.95. The van der Waals surface area contributed by atoms with Gasteiger partial charge in [-0.25, -0.2) is 9.59 Å². The highest BCUT2D eigenvalue weighted by Crippen LogP contribution is 2.27. The number of nitrogens with one attached hydrogen (secondary N) is 1. The zero-order chi connectivity index (χ0) is 21.4. The Morgan fingerprint density at radius 2 is 1.72 bits per heavy atom. The quantitative estimate of drug-likeness (QED) is 0.439. The number of aromatic amines is 1. The number of tetrazole rings is 1. The molecule has 0 saturated heterocycles. The summed E-state index contributed by atoms with van der Waals surface area (Å²) in [5, 5.41) is 20.8. The predicted octanol–water partition coefficient (Wildman–Crippen LogP) is 2.18. The maximum atomic E-state index is 12.2. The van der Waals surface area contributed by atoms with Crippen molar-refractivity contribution in [3.05, 3.63) is 59.7 Å². The van der Waals surface area contributed by atoms with E-state index in [0.717, 1.165) is 5.56 Å². The largest absolute Gasteiger partial charge is 0.490 e. The number of carboxylic acid groups (broad SMARTS) is 1. The Balaban J connectivity index is 0.000000370. The number of nitrogens with two attached hydrogens (primary N) is 1. The van der Waals surface area contributed by atoms with Crippen molar-refractivity contribution in [3.63, 3.8) is 0 Å². The van der Waals surface area contributed by atoms with Crippen LogP contribution >= 0.6 is 0 Å². The molecule has 2 aromatic carbocycles. The maximum absolute atomic E-state index is 12.2. The molecule has 0 aliphatic carbocycles. The Kier molecular flexibility index (Phi) is 6.98. The van der Waals surface area contributed by atoms with Gasteiger partial charge >= 0.3 is 18.1 Å². The van der Waals surface area contributed by atoms with Crippen LogP contribution in [0.15, 0.2) is 48.5 Å². The summed E-state index contributed by atoms with van der Waals surface area (Å²) in [7, 11) is 0. The van der Waals surface area contributed by atoms with Crippen molar-refractivity contribution in [1.29, 1.82) is 0 Å². The molecular weight excluding hydrogens is 395 g/mol. The molecule has 0 radical (unpaired) electrons. The molecule has 0 bridgehead atoms. The normalized spacial score (nSPS) is 10.6. The van der Waals surface area contributed by atoms with E-state index < -0.39 is 18.1 Å². The minimum Gasteiger partial charge on any atom is -0.475 e. The van der Waals surface area contributed by atoms with Gasteiger partial charge in [-0.1, -0.05) is 24.3 Å². The fraction of sp³-hybridized carbons (Fsp3) is 0.118. The molecule has 1 heterocycles. The summed E-state index contributed by atoms with van der Waals surface area (Å²) in [6.45, 7) is 0.427. The lowest BCUT2D eigenvalue weighted by molar-refractivity contribution is -0.192. The third-order valence-electron chi connectivity index (χ3n) is 3.34. The Bertz CT molecular complexity index is 960. The molecule has 0 aliphatic heterocycles. The highest BCUT2D eigenvalue weighted by molar-refractivity contribution is 5.92. The van der Waals surface area contributed by atoms with Crippen LogP contribution < -0.4 is 10.5 Å². The predicted molar refractivity (Wildman–Crippen MR) is 92.6 cm³/mol. The van der Waals surface area contributed by atoms with Gasteiger partial charge in [0.05, 0.1) is 11.1 Å². The van der Waals surface area contributed by atoms with Gasteiger partial charge in [-0.15, -0.1) is 10.2 Å². The van der Waals surface area contributed by atoms with E-state index in [9.17, 15) is 18.0 Å². The maximum Gasteiger partial charge on any atom is 0.490 e. The van der Waals surface area contributed by atoms with Crippen LogP contribution in [-0.2, 0) is 11.3 Å². The summed E-state index contributed by atoms with van der Waals surface area (Å²) in [5.74, 6) is -2.48. The number of halogens is 3. The first-order chi connectivity index (χ1) is 13.7. The van der Waals surface area contributed by atoms with Gasteiger partial charge in [0.25, 0.3) is 0 Å². The molecule has 152 valence electrons. The van der Waals surface area contributed by atoms with Crippen molar-refractivity contribution in [1.82, 2.24) is 20.6 Å². The van der Waals surface area contributed by atoms with E-state index >= 15 is 0 Å². The molecule has 0 aliphatic rings. The average molecular weight is 409 g/mol. The molecule has 29 heavy (non-hydrogen) atoms. The lowest BCUT2D eigenvalue weighted by atomic mass is 10.1. The van der Waals surface area contributed by atoms with Crippen LogP contribution in [0.3, 0.4) is 0 Å². The summed E-state index contributed by atoms with van der Waals surface area (Å²) in [5.41, 5.74) is 7.51. The third kappa shape index (κ3) is 6.10. The molecule has 0 spiro atoms. The van der Waals surface area contributed by atoms with Gasteiger partial charge in [0, 0.05) is 6.54 Å². The van der Waals surface area contributed by atoms with Crippen LogP contribution in [0.2, 0.25) is 0 Å². The van der Waals surface area contributed by atoms with Gasteiger partial charge in [0.1, 0.15) is 5.75 Å². The van der Waals surface area contributed by atoms with Crippen LogP contribution in [0.25, 0.3) is 11.4 Å². The number of para-hydroxylation sites is 1. The van der Waals surface area contributed by atoms with E-state index in [4.69, 9.17) is 20.4 Å². The Morgan fingerprint density at radius 1 is 1.10 bits per heavy atom. The third-order valence-corrected chi connectivity index (χ3v) is 3.34. The van der Waals surface area contributed by atoms with E-state index in [2.05, 4.69) is 20.6 Å². The number of carbonyl (C=O) groups is 2. The van der Waals surface area contributed by atoms with E-state index in [0.29, 0.717) is 29.2 Å². The fourth-order valence-electron chi connectivity index (χ4n) is 1.95. The number of ether oxygens (including phenoxy) is 1. The number of carboxylic acids is 1. The summed E-state index contributed by atoms with van der Waals surface area (Å²) in [6.07, 6.45) is -5.08. The first-order valence-electron chi connectivity index (χ1n) is 7.86. The minimum atomic E-state index is -5.08. The molecule has 3 aromatic rings. The molecule has 0 fully saturated rings. The van der Waals surface area contributed by atoms with E-state index in [1.54, 1.807) is 48.5 Å². The van der Waals surface area contributed by atoms with Gasteiger partial charge in [-0.3, -0.25) is 0 Å². The lowest BCUT2D eigenvalue weighted by Gasteiger charge is -2.08. The Hall–Kier alpha value is -3.80. The topological polar surface area (TPSA) is 144 Å². The van der Waals surface area contributed by atoms with E-state index in [-0.39, 0.29) is 0 Å². The number of aromatic nitrogens is 4. The molecule has 0 atom stereocenters. The molecule has 0 saturated carbocycles. The number of H-pyrrole nitrogens is 1. The molecule has 3 rings (SSSR count). The Labute approximate surface area is 161 Å². The molecule has 0 amide bonds. The molecule has 12 heteroatoms. The number of carbonyl (C=O) groups excluding carboxylic acids is 1. The zero-order valence-corrected chi connectivity index (χ0v) is 14.6. The lowest BCUT2D eigenvalue weighted by Crippen LogP contribution is -2.21. The Morgan fingerprint density at radius 3 is 2.24 bits per heavy atom. The zero-order valence-electron chi connectivity index (χ0n) is 14.6. The number of alkyl halides is 3. The van der Waals surface area contributed by atoms with Crippen molar-refractivity contribution < 1.29 is 32.6 Å². The number of hydrogen-bond acceptors (Lipinski definition) is 7. The molecular formula is C17H14F3N5O4. The van der Waals surface area contributed by atoms with Gasteiger partial charge in [0.2, 0.25) is 5.82 Å². The SMILES string of the molecule is NCc1ccc(C(=O)Oc2ccccc2-c2nn[nH]n2)cc1.O=C(O)C(F)(F)F. The summed E-state index contributed by atoms with van der Waals surface area (Å²) < 4.78 is 37.2. The second-order valence-corrected chi connectivity index (χ2v) is 5.33. The summed E-state index contributed by atoms with van der Waals surface area (Å²) >= 11 is 0. The summed E-state index contributed by atoms with van der Waals surface area (Å²) in [6, 6.07) is 14.0. The van der Waals surface area contributed by atoms with Gasteiger partial charge in [-0.2, -0.15) is 18.4 Å². The van der Waals surface area contributed by atoms with Crippen LogP contribution in [0, 0.1) is 0 Å². The number of benzene rings is 2. The summed E-state index contributed by atoms with van der Waals surface area (Å²) in [4.78, 5) is 21.1. The second kappa shape index (κ2) is 9.41. The van der Waals surface area contributed by atoms with Gasteiger partial charge in [0.15, 0.2) is 0 Å². The van der Waals surface area contributed by atoms with Crippen LogP contribution in [0.4, 0.5) is 13.2 Å². The molecule has 0 unspecified atom stereocenters. The van der Waals surface area contributed by atoms with Crippen LogP contribution in [-0.4, -0.2) is 43.8 Å². The highest BCUT2D eigenvalue weighted by atomic mass is 19.4. The number of esters is 1. The van der Waals surface area contributed by atoms with E-state index in [1.807, 2.05) is 0 Å². The van der Waals surface area contributed by atoms with Crippen molar-refractivity contribution >= 4 is 11.9 Å². The number of aliphatic carboxylic acids is 1.